The van der Waals surface area contributed by atoms with Crippen molar-refractivity contribution in [2.75, 3.05) is 12.3 Å². The van der Waals surface area contributed by atoms with Gasteiger partial charge < -0.3 is 15.0 Å². The molecule has 0 aliphatic rings. The largest absolute Gasteiger partial charge is 0.462 e. The van der Waals surface area contributed by atoms with Crippen LogP contribution in [0.25, 0.3) is 0 Å². The summed E-state index contributed by atoms with van der Waals surface area (Å²) in [4.78, 5) is 11.6. The summed E-state index contributed by atoms with van der Waals surface area (Å²) in [6.45, 7) is 4.91. The summed E-state index contributed by atoms with van der Waals surface area (Å²) in [6.07, 6.45) is 3.74. The van der Waals surface area contributed by atoms with E-state index in [9.17, 15) is 4.79 Å². The van der Waals surface area contributed by atoms with E-state index in [0.29, 0.717) is 17.4 Å². The Hall–Kier alpha value is -0.870. The van der Waals surface area contributed by atoms with Gasteiger partial charge in [-0.2, -0.15) is 0 Å². The lowest BCUT2D eigenvalue weighted by Gasteiger charge is -2.04. The lowest BCUT2D eigenvalue weighted by Crippen LogP contribution is -2.07. The first-order valence-corrected chi connectivity index (χ1v) is 5.80. The molecule has 17 heavy (non-hydrogen) atoms. The summed E-state index contributed by atoms with van der Waals surface area (Å²) in [7, 11) is 0. The third-order valence-corrected chi connectivity index (χ3v) is 2.68. The van der Waals surface area contributed by atoms with Crippen LogP contribution in [0.2, 0.25) is 5.15 Å². The highest BCUT2D eigenvalue weighted by Crippen LogP contribution is 2.26. The number of hydrogen-bond acceptors (Lipinski definition) is 3. The molecule has 0 saturated heterocycles. The molecular formula is C11H18Cl2N2O2. The lowest BCUT2D eigenvalue weighted by molar-refractivity contribution is 0.0527. The first kappa shape index (κ1) is 16.1. The van der Waals surface area contributed by atoms with Crippen molar-refractivity contribution in [3.05, 3.63) is 16.9 Å². The van der Waals surface area contributed by atoms with Gasteiger partial charge in [-0.1, -0.05) is 24.9 Å². The zero-order valence-electron chi connectivity index (χ0n) is 10.0. The maximum absolute atomic E-state index is 11.6. The van der Waals surface area contributed by atoms with Crippen LogP contribution in [-0.4, -0.2) is 17.1 Å². The van der Waals surface area contributed by atoms with E-state index >= 15 is 0 Å². The number of halogens is 2. The molecular weight excluding hydrogens is 263 g/mol. The van der Waals surface area contributed by atoms with Gasteiger partial charge in [0.2, 0.25) is 0 Å². The number of nitrogen functional groups attached to an aromatic ring is 1. The van der Waals surface area contributed by atoms with Gasteiger partial charge >= 0.3 is 5.97 Å². The minimum absolute atomic E-state index is 0. The first-order valence-electron chi connectivity index (χ1n) is 5.43. The molecule has 0 bridgehead atoms. The number of nitrogens with two attached hydrogens (primary N) is 1. The molecule has 0 aromatic carbocycles. The smallest absolute Gasteiger partial charge is 0.343 e. The molecule has 0 fully saturated rings. The molecule has 0 saturated carbocycles. The fraction of sp³-hybridized carbons (Fsp3) is 0.545. The number of ether oxygens (including phenoxy) is 1. The van der Waals surface area contributed by atoms with Gasteiger partial charge in [-0.25, -0.2) is 4.79 Å². The summed E-state index contributed by atoms with van der Waals surface area (Å²) >= 11 is 6.08. The highest BCUT2D eigenvalue weighted by Gasteiger charge is 2.19. The van der Waals surface area contributed by atoms with Crippen molar-refractivity contribution in [3.63, 3.8) is 0 Å². The van der Waals surface area contributed by atoms with E-state index in [1.54, 1.807) is 17.7 Å². The summed E-state index contributed by atoms with van der Waals surface area (Å²) in [6, 6.07) is 0. The van der Waals surface area contributed by atoms with Crippen LogP contribution in [0.4, 0.5) is 5.69 Å². The van der Waals surface area contributed by atoms with Gasteiger partial charge in [0.15, 0.2) is 0 Å². The van der Waals surface area contributed by atoms with Crippen molar-refractivity contribution >= 4 is 35.7 Å². The Morgan fingerprint density at radius 3 is 2.71 bits per heavy atom. The normalized spacial score (nSPS) is 9.82. The molecule has 2 N–H and O–H groups in total. The van der Waals surface area contributed by atoms with Crippen LogP contribution in [-0.2, 0) is 11.3 Å². The number of esters is 1. The van der Waals surface area contributed by atoms with E-state index in [1.807, 2.05) is 0 Å². The topological polar surface area (TPSA) is 57.2 Å². The molecule has 1 heterocycles. The van der Waals surface area contributed by atoms with E-state index in [2.05, 4.69) is 6.92 Å². The molecule has 4 nitrogen and oxygen atoms in total. The zero-order valence-corrected chi connectivity index (χ0v) is 11.6. The number of nitrogens with zero attached hydrogens (tertiary/aromatic N) is 1. The van der Waals surface area contributed by atoms with Crippen molar-refractivity contribution in [2.45, 2.75) is 33.2 Å². The van der Waals surface area contributed by atoms with E-state index in [0.717, 1.165) is 19.4 Å². The van der Waals surface area contributed by atoms with Crippen LogP contribution in [0.1, 0.15) is 37.0 Å². The van der Waals surface area contributed by atoms with Gasteiger partial charge in [-0.05, 0) is 13.3 Å². The highest BCUT2D eigenvalue weighted by molar-refractivity contribution is 6.33. The van der Waals surface area contributed by atoms with Gasteiger partial charge in [0.25, 0.3) is 0 Å². The minimum atomic E-state index is -0.458. The van der Waals surface area contributed by atoms with E-state index < -0.39 is 5.97 Å². The molecule has 0 unspecified atom stereocenters. The van der Waals surface area contributed by atoms with Crippen LogP contribution >= 0.6 is 24.0 Å². The maximum Gasteiger partial charge on any atom is 0.343 e. The second-order valence-corrected chi connectivity index (χ2v) is 3.88. The van der Waals surface area contributed by atoms with Crippen molar-refractivity contribution in [3.8, 4) is 0 Å². The third-order valence-electron chi connectivity index (χ3n) is 2.27. The number of aromatic nitrogens is 1. The number of anilines is 1. The zero-order chi connectivity index (χ0) is 12.1. The Morgan fingerprint density at radius 2 is 2.18 bits per heavy atom. The number of hydrogen-bond donors (Lipinski definition) is 1. The Balaban J connectivity index is 0.00000256. The molecule has 1 aromatic heterocycles. The maximum atomic E-state index is 11.6. The molecule has 98 valence electrons. The number of rotatable bonds is 5. The molecule has 0 spiro atoms. The van der Waals surface area contributed by atoms with E-state index in [4.69, 9.17) is 22.1 Å². The fourth-order valence-corrected chi connectivity index (χ4v) is 1.77. The number of aryl methyl sites for hydroxylation is 1. The molecule has 0 radical (unpaired) electrons. The average molecular weight is 281 g/mol. The van der Waals surface area contributed by atoms with Gasteiger partial charge in [-0.15, -0.1) is 12.4 Å². The molecule has 0 aliphatic heterocycles. The van der Waals surface area contributed by atoms with Gasteiger partial charge in [0, 0.05) is 12.7 Å². The van der Waals surface area contributed by atoms with Gasteiger partial charge in [-0.3, -0.25) is 0 Å². The summed E-state index contributed by atoms with van der Waals surface area (Å²) in [5.74, 6) is -0.458. The lowest BCUT2D eigenvalue weighted by atomic mass is 10.3. The molecule has 0 aliphatic carbocycles. The Labute approximate surface area is 112 Å². The Kier molecular flexibility index (Phi) is 7.07. The third kappa shape index (κ3) is 3.82. The summed E-state index contributed by atoms with van der Waals surface area (Å²) < 4.78 is 6.68. The second kappa shape index (κ2) is 7.45. The highest BCUT2D eigenvalue weighted by atomic mass is 35.5. The average Bonchev–Trinajstić information content (AvgIpc) is 2.51. The van der Waals surface area contributed by atoms with Crippen molar-refractivity contribution in [2.24, 2.45) is 0 Å². The molecule has 0 atom stereocenters. The van der Waals surface area contributed by atoms with Crippen molar-refractivity contribution in [1.82, 2.24) is 4.57 Å². The molecule has 1 rings (SSSR count). The first-order chi connectivity index (χ1) is 7.61. The predicted octanol–water partition coefficient (Wildman–Crippen LogP) is 3.12. The SMILES string of the molecule is CCCCn1cc(N)c(C(=O)OCC)c1Cl.Cl. The van der Waals surface area contributed by atoms with Crippen molar-refractivity contribution in [1.29, 1.82) is 0 Å². The van der Waals surface area contributed by atoms with Crippen molar-refractivity contribution < 1.29 is 9.53 Å². The molecule has 6 heteroatoms. The Bertz CT molecular complexity index is 378. The van der Waals surface area contributed by atoms with Gasteiger partial charge in [0.1, 0.15) is 10.7 Å². The van der Waals surface area contributed by atoms with Crippen LogP contribution in [0.5, 0.6) is 0 Å². The van der Waals surface area contributed by atoms with E-state index in [1.165, 1.54) is 0 Å². The minimum Gasteiger partial charge on any atom is -0.462 e. The van der Waals surface area contributed by atoms with Crippen LogP contribution < -0.4 is 5.73 Å². The quantitative estimate of drug-likeness (QED) is 0.843. The molecule has 0 amide bonds. The van der Waals surface area contributed by atoms with E-state index in [-0.39, 0.29) is 18.0 Å². The second-order valence-electron chi connectivity index (χ2n) is 3.52. The standard InChI is InChI=1S/C11H17ClN2O2.ClH/c1-3-5-6-14-7-8(13)9(10(14)12)11(15)16-4-2;/h7H,3-6,13H2,1-2H3;1H. The summed E-state index contributed by atoms with van der Waals surface area (Å²) in [5, 5.41) is 0.365. The predicted molar refractivity (Wildman–Crippen MR) is 72.0 cm³/mol. The van der Waals surface area contributed by atoms with Gasteiger partial charge in [0.05, 0.1) is 12.3 Å². The Morgan fingerprint density at radius 1 is 1.53 bits per heavy atom. The number of carbonyl (C=O) groups excluding carboxylic acids is 1. The molecule has 1 aromatic rings. The fourth-order valence-electron chi connectivity index (χ4n) is 1.45. The van der Waals surface area contributed by atoms with Crippen LogP contribution in [0, 0.1) is 0 Å². The number of carbonyl (C=O) groups is 1. The number of unbranched alkanes of at least 4 members (excludes halogenated alkanes) is 1. The van der Waals surface area contributed by atoms with Crippen LogP contribution in [0.15, 0.2) is 6.20 Å². The van der Waals surface area contributed by atoms with Crippen LogP contribution in [0.3, 0.4) is 0 Å². The monoisotopic (exact) mass is 280 g/mol. The summed E-state index contributed by atoms with van der Waals surface area (Å²) in [5.41, 5.74) is 6.39.